The number of imide groups is 1. The normalized spacial score (nSPS) is 15.8. The Labute approximate surface area is 165 Å². The molecular weight excluding hydrogens is 393 g/mol. The quantitative estimate of drug-likeness (QED) is 0.623. The summed E-state index contributed by atoms with van der Waals surface area (Å²) in [6.45, 7) is 2.36. The van der Waals surface area contributed by atoms with Crippen molar-refractivity contribution in [1.82, 2.24) is 4.90 Å². The van der Waals surface area contributed by atoms with E-state index in [-0.39, 0.29) is 11.1 Å². The first kappa shape index (κ1) is 18.8. The van der Waals surface area contributed by atoms with Crippen LogP contribution >= 0.6 is 35.0 Å². The molecule has 0 radical (unpaired) electrons. The maximum Gasteiger partial charge on any atom is 0.293 e. The topological polar surface area (TPSA) is 46.6 Å². The fourth-order valence-corrected chi connectivity index (χ4v) is 3.78. The van der Waals surface area contributed by atoms with Crippen LogP contribution in [0.4, 0.5) is 4.79 Å². The molecule has 1 fully saturated rings. The minimum absolute atomic E-state index is 0.309. The molecule has 1 saturated heterocycles. The van der Waals surface area contributed by atoms with Crippen LogP contribution in [0, 0.1) is 6.92 Å². The predicted molar refractivity (Wildman–Crippen MR) is 106 cm³/mol. The van der Waals surface area contributed by atoms with E-state index in [0.717, 1.165) is 22.2 Å². The van der Waals surface area contributed by atoms with Crippen LogP contribution in [0.2, 0.25) is 10.0 Å². The summed E-state index contributed by atoms with van der Waals surface area (Å²) in [5, 5.41) is 0.370. The van der Waals surface area contributed by atoms with Gasteiger partial charge in [0.05, 0.1) is 15.0 Å². The van der Waals surface area contributed by atoms with Crippen molar-refractivity contribution in [3.05, 3.63) is 68.0 Å². The molecule has 26 heavy (non-hydrogen) atoms. The lowest BCUT2D eigenvalue weighted by Gasteiger charge is -2.11. The Morgan fingerprint density at radius 2 is 1.73 bits per heavy atom. The Morgan fingerprint density at radius 1 is 1.12 bits per heavy atom. The zero-order valence-electron chi connectivity index (χ0n) is 14.1. The first-order valence-electron chi connectivity index (χ1n) is 7.74. The lowest BCUT2D eigenvalue weighted by Crippen LogP contribution is -2.22. The van der Waals surface area contributed by atoms with Gasteiger partial charge in [-0.3, -0.25) is 14.5 Å². The summed E-state index contributed by atoms with van der Waals surface area (Å²) in [7, 11) is 1.44. The Bertz CT molecular complexity index is 886. The first-order valence-corrected chi connectivity index (χ1v) is 9.31. The van der Waals surface area contributed by atoms with Crippen molar-refractivity contribution >= 4 is 52.2 Å². The number of amides is 2. The third-order valence-corrected chi connectivity index (χ3v) is 5.33. The van der Waals surface area contributed by atoms with E-state index in [0.29, 0.717) is 32.9 Å². The molecule has 0 saturated carbocycles. The number of thioether (sulfide) groups is 1. The molecule has 7 heteroatoms. The number of rotatable bonds is 4. The summed E-state index contributed by atoms with van der Waals surface area (Å²) < 4.78 is 5.75. The van der Waals surface area contributed by atoms with Gasteiger partial charge < -0.3 is 4.74 Å². The second-order valence-electron chi connectivity index (χ2n) is 5.83. The van der Waals surface area contributed by atoms with Crippen molar-refractivity contribution in [3.63, 3.8) is 0 Å². The molecule has 2 amide bonds. The first-order chi connectivity index (χ1) is 12.3. The number of carbonyl (C=O) groups excluding carboxylic acids is 2. The Kier molecular flexibility index (Phi) is 5.61. The van der Waals surface area contributed by atoms with E-state index in [1.54, 1.807) is 18.2 Å². The molecule has 1 heterocycles. The van der Waals surface area contributed by atoms with Crippen molar-refractivity contribution in [3.8, 4) is 5.75 Å². The van der Waals surface area contributed by atoms with Crippen molar-refractivity contribution in [2.24, 2.45) is 0 Å². The number of halogens is 2. The standard InChI is InChI=1S/C19H15Cl2NO3S/c1-11-3-5-12(6-4-11)10-25-17-14(20)7-13(8-15(17)21)9-16-18(23)22(2)19(24)26-16/h3-9H,10H2,1-2H3/b16-9-. The molecule has 0 spiro atoms. The molecule has 4 nitrogen and oxygen atoms in total. The van der Waals surface area contributed by atoms with Gasteiger partial charge >= 0.3 is 0 Å². The molecule has 1 aliphatic rings. The molecule has 134 valence electrons. The number of hydrogen-bond donors (Lipinski definition) is 0. The van der Waals surface area contributed by atoms with Crippen LogP contribution < -0.4 is 4.74 Å². The van der Waals surface area contributed by atoms with Crippen LogP contribution in [0.5, 0.6) is 5.75 Å². The van der Waals surface area contributed by atoms with Gasteiger partial charge in [-0.1, -0.05) is 53.0 Å². The van der Waals surface area contributed by atoms with E-state index in [9.17, 15) is 9.59 Å². The molecule has 0 bridgehead atoms. The summed E-state index contributed by atoms with van der Waals surface area (Å²) >= 11 is 13.5. The van der Waals surface area contributed by atoms with Gasteiger partial charge in [-0.25, -0.2) is 0 Å². The molecule has 3 rings (SSSR count). The number of benzene rings is 2. The third-order valence-electron chi connectivity index (χ3n) is 3.81. The largest absolute Gasteiger partial charge is 0.486 e. The second-order valence-corrected chi connectivity index (χ2v) is 7.64. The number of aryl methyl sites for hydroxylation is 1. The summed E-state index contributed by atoms with van der Waals surface area (Å²) in [6, 6.07) is 11.3. The van der Waals surface area contributed by atoms with Gasteiger partial charge in [0.25, 0.3) is 11.1 Å². The van der Waals surface area contributed by atoms with Gasteiger partial charge in [0, 0.05) is 7.05 Å². The SMILES string of the molecule is Cc1ccc(COc2c(Cl)cc(/C=C3\SC(=O)N(C)C3=O)cc2Cl)cc1. The Morgan fingerprint density at radius 3 is 2.27 bits per heavy atom. The summed E-state index contributed by atoms with van der Waals surface area (Å²) in [6.07, 6.45) is 1.59. The Balaban J connectivity index is 1.79. The van der Waals surface area contributed by atoms with Crippen LogP contribution in [-0.4, -0.2) is 23.1 Å². The summed E-state index contributed by atoms with van der Waals surface area (Å²) in [4.78, 5) is 24.9. The predicted octanol–water partition coefficient (Wildman–Crippen LogP) is 5.55. The molecule has 2 aromatic carbocycles. The summed E-state index contributed by atoms with van der Waals surface area (Å²) in [5.41, 5.74) is 2.80. The van der Waals surface area contributed by atoms with Gasteiger partial charge in [-0.05, 0) is 48.0 Å². The fraction of sp³-hybridized carbons (Fsp3) is 0.158. The zero-order valence-corrected chi connectivity index (χ0v) is 16.4. The average Bonchev–Trinajstić information content (AvgIpc) is 2.83. The van der Waals surface area contributed by atoms with Crippen LogP contribution in [-0.2, 0) is 11.4 Å². The van der Waals surface area contributed by atoms with Gasteiger partial charge in [-0.15, -0.1) is 0 Å². The van der Waals surface area contributed by atoms with Crippen LogP contribution in [0.15, 0.2) is 41.3 Å². The van der Waals surface area contributed by atoms with Crippen molar-refractivity contribution in [2.75, 3.05) is 7.05 Å². The molecule has 1 aliphatic heterocycles. The zero-order chi connectivity index (χ0) is 18.8. The van der Waals surface area contributed by atoms with E-state index < -0.39 is 0 Å². The summed E-state index contributed by atoms with van der Waals surface area (Å²) in [5.74, 6) is 0.0431. The molecule has 0 aromatic heterocycles. The molecule has 2 aromatic rings. The van der Waals surface area contributed by atoms with E-state index in [4.69, 9.17) is 27.9 Å². The highest BCUT2D eigenvalue weighted by Gasteiger charge is 2.31. The number of carbonyl (C=O) groups is 2. The van der Waals surface area contributed by atoms with E-state index >= 15 is 0 Å². The monoisotopic (exact) mass is 407 g/mol. The maximum atomic E-state index is 12.0. The Hall–Kier alpha value is -1.95. The second kappa shape index (κ2) is 7.74. The molecular formula is C19H15Cl2NO3S. The lowest BCUT2D eigenvalue weighted by atomic mass is 10.1. The highest BCUT2D eigenvalue weighted by Crippen LogP contribution is 2.37. The van der Waals surface area contributed by atoms with Gasteiger partial charge in [0.2, 0.25) is 0 Å². The third kappa shape index (κ3) is 4.06. The van der Waals surface area contributed by atoms with Crippen LogP contribution in [0.3, 0.4) is 0 Å². The van der Waals surface area contributed by atoms with Crippen molar-refractivity contribution in [1.29, 1.82) is 0 Å². The lowest BCUT2D eigenvalue weighted by molar-refractivity contribution is -0.121. The molecule has 0 N–H and O–H groups in total. The van der Waals surface area contributed by atoms with Crippen LogP contribution in [0.1, 0.15) is 16.7 Å². The van der Waals surface area contributed by atoms with Crippen molar-refractivity contribution < 1.29 is 14.3 Å². The highest BCUT2D eigenvalue weighted by molar-refractivity contribution is 8.18. The number of ether oxygens (including phenoxy) is 1. The number of hydrogen-bond acceptors (Lipinski definition) is 4. The van der Waals surface area contributed by atoms with Gasteiger partial charge in [0.1, 0.15) is 6.61 Å². The van der Waals surface area contributed by atoms with E-state index in [2.05, 4.69) is 0 Å². The van der Waals surface area contributed by atoms with Gasteiger partial charge in [0.15, 0.2) is 5.75 Å². The fourth-order valence-electron chi connectivity index (χ4n) is 2.34. The molecule has 0 aliphatic carbocycles. The van der Waals surface area contributed by atoms with E-state index in [1.807, 2.05) is 31.2 Å². The molecule has 0 unspecified atom stereocenters. The van der Waals surface area contributed by atoms with Crippen LogP contribution in [0.25, 0.3) is 6.08 Å². The molecule has 0 atom stereocenters. The van der Waals surface area contributed by atoms with Gasteiger partial charge in [-0.2, -0.15) is 0 Å². The maximum absolute atomic E-state index is 12.0. The number of likely N-dealkylation sites (N-methyl/N-ethyl adjacent to an activating group) is 1. The van der Waals surface area contributed by atoms with E-state index in [1.165, 1.54) is 12.6 Å². The smallest absolute Gasteiger partial charge is 0.293 e. The number of nitrogens with zero attached hydrogens (tertiary/aromatic N) is 1. The average molecular weight is 408 g/mol. The highest BCUT2D eigenvalue weighted by atomic mass is 35.5. The van der Waals surface area contributed by atoms with Crippen molar-refractivity contribution in [2.45, 2.75) is 13.5 Å². The minimum atomic E-state index is -0.341. The minimum Gasteiger partial charge on any atom is -0.486 e.